The van der Waals surface area contributed by atoms with Crippen LogP contribution in [0, 0.1) is 0 Å². The molecule has 0 bridgehead atoms. The number of hydrogen-bond donors (Lipinski definition) is 1. The average Bonchev–Trinajstić information content (AvgIpc) is 2.53. The molecule has 6 heteroatoms. The molecule has 23 heavy (non-hydrogen) atoms. The number of nitrogens with zero attached hydrogens (tertiary/aromatic N) is 1. The molecule has 2 aromatic carbocycles. The van der Waals surface area contributed by atoms with Gasteiger partial charge in [-0.1, -0.05) is 12.1 Å². The first-order chi connectivity index (χ1) is 10.9. The van der Waals surface area contributed by atoms with Crippen molar-refractivity contribution in [3.05, 3.63) is 54.2 Å². The molecule has 118 valence electrons. The van der Waals surface area contributed by atoms with Gasteiger partial charge in [0.15, 0.2) is 11.5 Å². The van der Waals surface area contributed by atoms with Gasteiger partial charge in [-0.3, -0.25) is 4.98 Å². The molecule has 0 unspecified atom stereocenters. The molecule has 1 N–H and O–H groups in total. The molecule has 0 saturated heterocycles. The van der Waals surface area contributed by atoms with E-state index in [1.165, 1.54) is 25.4 Å². The second kappa shape index (κ2) is 5.46. The van der Waals surface area contributed by atoms with E-state index in [4.69, 9.17) is 4.74 Å². The van der Waals surface area contributed by atoms with E-state index < -0.39 is 11.7 Å². The van der Waals surface area contributed by atoms with Crippen LogP contribution in [0.2, 0.25) is 0 Å². The minimum atomic E-state index is -4.41. The van der Waals surface area contributed by atoms with Crippen LogP contribution in [0.15, 0.2) is 48.7 Å². The van der Waals surface area contributed by atoms with Crippen LogP contribution in [0.1, 0.15) is 5.56 Å². The second-order valence-electron chi connectivity index (χ2n) is 4.97. The molecular formula is C17H12F3NO2. The number of alkyl halides is 3. The van der Waals surface area contributed by atoms with Gasteiger partial charge in [0.05, 0.1) is 18.2 Å². The number of methoxy groups -OCH3 is 1. The number of ether oxygens (including phenoxy) is 1. The van der Waals surface area contributed by atoms with Crippen molar-refractivity contribution in [3.63, 3.8) is 0 Å². The molecule has 3 nitrogen and oxygen atoms in total. The highest BCUT2D eigenvalue weighted by molar-refractivity contribution is 5.95. The Labute approximate surface area is 130 Å². The molecule has 0 aliphatic rings. The fourth-order valence-corrected chi connectivity index (χ4v) is 2.43. The molecule has 0 aliphatic carbocycles. The van der Waals surface area contributed by atoms with Crippen molar-refractivity contribution < 1.29 is 23.0 Å². The number of hydrogen-bond acceptors (Lipinski definition) is 3. The summed E-state index contributed by atoms with van der Waals surface area (Å²) < 4.78 is 43.4. The lowest BCUT2D eigenvalue weighted by Gasteiger charge is -2.11. The largest absolute Gasteiger partial charge is 0.504 e. The lowest BCUT2D eigenvalue weighted by Crippen LogP contribution is -2.04. The van der Waals surface area contributed by atoms with E-state index in [2.05, 4.69) is 4.98 Å². The Kier molecular flexibility index (Phi) is 3.60. The van der Waals surface area contributed by atoms with Gasteiger partial charge in [-0.25, -0.2) is 0 Å². The van der Waals surface area contributed by atoms with Crippen molar-refractivity contribution in [2.24, 2.45) is 0 Å². The highest BCUT2D eigenvalue weighted by Crippen LogP contribution is 2.36. The smallest absolute Gasteiger partial charge is 0.416 e. The van der Waals surface area contributed by atoms with Crippen LogP contribution in [-0.4, -0.2) is 17.2 Å². The van der Waals surface area contributed by atoms with Gasteiger partial charge in [-0.15, -0.1) is 0 Å². The molecule has 0 fully saturated rings. The molecule has 0 atom stereocenters. The number of aromatic nitrogens is 1. The van der Waals surface area contributed by atoms with Gasteiger partial charge >= 0.3 is 6.18 Å². The topological polar surface area (TPSA) is 42.4 Å². The number of pyridine rings is 1. The van der Waals surface area contributed by atoms with Crippen molar-refractivity contribution in [2.75, 3.05) is 7.11 Å². The molecule has 1 aromatic heterocycles. The van der Waals surface area contributed by atoms with Gasteiger partial charge in [-0.05, 0) is 41.5 Å². The van der Waals surface area contributed by atoms with Crippen LogP contribution in [0.25, 0.3) is 22.0 Å². The van der Waals surface area contributed by atoms with Crippen LogP contribution in [-0.2, 0) is 6.18 Å². The number of phenols is 1. The molecule has 0 aliphatic heterocycles. The summed E-state index contributed by atoms with van der Waals surface area (Å²) in [6, 6.07) is 9.95. The maximum absolute atomic E-state index is 12.8. The molecule has 1 heterocycles. The fraction of sp³-hybridized carbons (Fsp3) is 0.118. The quantitative estimate of drug-likeness (QED) is 0.748. The van der Waals surface area contributed by atoms with E-state index in [0.29, 0.717) is 22.3 Å². The number of halogens is 3. The summed E-state index contributed by atoms with van der Waals surface area (Å²) in [6.07, 6.45) is -2.97. The van der Waals surface area contributed by atoms with Crippen molar-refractivity contribution >= 4 is 10.9 Å². The lowest BCUT2D eigenvalue weighted by molar-refractivity contribution is -0.137. The zero-order valence-corrected chi connectivity index (χ0v) is 12.1. The number of benzene rings is 2. The number of phenolic OH excluding ortho intramolecular Hbond substituents is 1. The Balaban J connectivity index is 2.17. The molecule has 0 spiro atoms. The predicted octanol–water partition coefficient (Wildman–Crippen LogP) is 4.63. The Morgan fingerprint density at radius 1 is 1.04 bits per heavy atom. The third kappa shape index (κ3) is 2.79. The van der Waals surface area contributed by atoms with Gasteiger partial charge in [-0.2, -0.15) is 13.2 Å². The Morgan fingerprint density at radius 3 is 2.48 bits per heavy atom. The van der Waals surface area contributed by atoms with Crippen molar-refractivity contribution in [1.82, 2.24) is 4.98 Å². The van der Waals surface area contributed by atoms with E-state index in [1.54, 1.807) is 18.2 Å². The number of aromatic hydroxyl groups is 1. The summed E-state index contributed by atoms with van der Waals surface area (Å²) in [5.41, 5.74) is 0.844. The van der Waals surface area contributed by atoms with Crippen molar-refractivity contribution in [2.45, 2.75) is 6.18 Å². The minimum Gasteiger partial charge on any atom is -0.504 e. The standard InChI is InChI=1S/C17H12F3NO2/c1-23-16-5-2-10(8-15(16)22)12-6-7-21-14-9-11(17(18,19)20)3-4-13(12)14/h2-9,22H,1H3. The number of fused-ring (bicyclic) bond motifs is 1. The molecule has 0 radical (unpaired) electrons. The Morgan fingerprint density at radius 2 is 1.83 bits per heavy atom. The SMILES string of the molecule is COc1ccc(-c2ccnc3cc(C(F)(F)F)ccc23)cc1O. The highest BCUT2D eigenvalue weighted by atomic mass is 19.4. The molecule has 0 amide bonds. The first-order valence-electron chi connectivity index (χ1n) is 6.73. The third-order valence-electron chi connectivity index (χ3n) is 3.56. The van der Waals surface area contributed by atoms with Gasteiger partial charge in [0, 0.05) is 11.6 Å². The summed E-state index contributed by atoms with van der Waals surface area (Å²) in [6.45, 7) is 0. The molecule has 0 saturated carbocycles. The molecule has 3 rings (SSSR count). The van der Waals surface area contributed by atoms with E-state index >= 15 is 0 Å². The van der Waals surface area contributed by atoms with Gasteiger partial charge < -0.3 is 9.84 Å². The van der Waals surface area contributed by atoms with Crippen LogP contribution < -0.4 is 4.74 Å². The van der Waals surface area contributed by atoms with Crippen LogP contribution in [0.4, 0.5) is 13.2 Å². The second-order valence-corrected chi connectivity index (χ2v) is 4.97. The van der Waals surface area contributed by atoms with Crippen LogP contribution in [0.5, 0.6) is 11.5 Å². The summed E-state index contributed by atoms with van der Waals surface area (Å²) in [5, 5.41) is 10.5. The summed E-state index contributed by atoms with van der Waals surface area (Å²) in [7, 11) is 1.44. The molecule has 3 aromatic rings. The van der Waals surface area contributed by atoms with Gasteiger partial charge in [0.25, 0.3) is 0 Å². The maximum Gasteiger partial charge on any atom is 0.416 e. The van der Waals surface area contributed by atoms with Gasteiger partial charge in [0.2, 0.25) is 0 Å². The normalized spacial score (nSPS) is 11.7. The predicted molar refractivity (Wildman–Crippen MR) is 80.4 cm³/mol. The monoisotopic (exact) mass is 319 g/mol. The first kappa shape index (κ1) is 15.1. The highest BCUT2D eigenvalue weighted by Gasteiger charge is 2.30. The van der Waals surface area contributed by atoms with E-state index in [9.17, 15) is 18.3 Å². The zero-order chi connectivity index (χ0) is 16.6. The minimum absolute atomic E-state index is 0.0399. The average molecular weight is 319 g/mol. The Hall–Kier alpha value is -2.76. The summed E-state index contributed by atoms with van der Waals surface area (Å²) >= 11 is 0. The Bertz CT molecular complexity index is 875. The lowest BCUT2D eigenvalue weighted by atomic mass is 9.99. The van der Waals surface area contributed by atoms with E-state index in [1.807, 2.05) is 0 Å². The number of rotatable bonds is 2. The van der Waals surface area contributed by atoms with Crippen LogP contribution in [0.3, 0.4) is 0 Å². The first-order valence-corrected chi connectivity index (χ1v) is 6.73. The van der Waals surface area contributed by atoms with E-state index in [-0.39, 0.29) is 11.3 Å². The van der Waals surface area contributed by atoms with E-state index in [0.717, 1.165) is 12.1 Å². The molecular weight excluding hydrogens is 307 g/mol. The summed E-state index contributed by atoms with van der Waals surface area (Å²) in [4.78, 5) is 4.01. The van der Waals surface area contributed by atoms with Gasteiger partial charge in [0.1, 0.15) is 0 Å². The maximum atomic E-state index is 12.8. The fourth-order valence-electron chi connectivity index (χ4n) is 2.43. The van der Waals surface area contributed by atoms with Crippen molar-refractivity contribution in [3.8, 4) is 22.6 Å². The van der Waals surface area contributed by atoms with Crippen molar-refractivity contribution in [1.29, 1.82) is 0 Å². The van der Waals surface area contributed by atoms with Crippen LogP contribution >= 0.6 is 0 Å². The third-order valence-corrected chi connectivity index (χ3v) is 3.56. The summed E-state index contributed by atoms with van der Waals surface area (Å²) in [5.74, 6) is 0.286. The zero-order valence-electron chi connectivity index (χ0n) is 12.1.